The monoisotopic (exact) mass is 466 g/mol. The first-order valence-corrected chi connectivity index (χ1v) is 12.8. The van der Waals surface area contributed by atoms with Gasteiger partial charge in [0.05, 0.1) is 23.1 Å². The zero-order valence-corrected chi connectivity index (χ0v) is 19.9. The third kappa shape index (κ3) is 6.22. The number of esters is 1. The molecule has 3 rings (SSSR count). The molecule has 178 valence electrons. The lowest BCUT2D eigenvalue weighted by Gasteiger charge is -2.25. The minimum absolute atomic E-state index is 0.130. The van der Waals surface area contributed by atoms with Gasteiger partial charge in [0.25, 0.3) is 10.1 Å². The molecule has 1 aliphatic heterocycles. The number of rotatable bonds is 11. The van der Waals surface area contributed by atoms with Gasteiger partial charge in [-0.05, 0) is 44.7 Å². The highest BCUT2D eigenvalue weighted by atomic mass is 32.2. The van der Waals surface area contributed by atoms with Crippen molar-refractivity contribution in [3.05, 3.63) is 29.8 Å². The van der Waals surface area contributed by atoms with E-state index in [1.807, 2.05) is 6.92 Å². The van der Waals surface area contributed by atoms with Crippen molar-refractivity contribution in [2.24, 2.45) is 0 Å². The van der Waals surface area contributed by atoms with E-state index in [4.69, 9.17) is 8.92 Å². The van der Waals surface area contributed by atoms with Crippen molar-refractivity contribution in [3.8, 4) is 0 Å². The van der Waals surface area contributed by atoms with Crippen LogP contribution in [0.3, 0.4) is 0 Å². The maximum atomic E-state index is 12.6. The van der Waals surface area contributed by atoms with E-state index in [-0.39, 0.29) is 35.1 Å². The molecule has 1 saturated carbocycles. The fourth-order valence-corrected chi connectivity index (χ4v) is 5.65. The van der Waals surface area contributed by atoms with Gasteiger partial charge in [0.1, 0.15) is 6.10 Å². The highest BCUT2D eigenvalue weighted by Crippen LogP contribution is 2.33. The van der Waals surface area contributed by atoms with Crippen LogP contribution in [0.2, 0.25) is 0 Å². The zero-order chi connectivity index (χ0) is 23.3. The number of amides is 2. The van der Waals surface area contributed by atoms with Gasteiger partial charge in [-0.2, -0.15) is 8.42 Å². The van der Waals surface area contributed by atoms with Crippen LogP contribution in [-0.4, -0.2) is 56.2 Å². The number of nitrogens with one attached hydrogen (secondary N) is 1. The molecule has 8 nitrogen and oxygen atoms in total. The van der Waals surface area contributed by atoms with Gasteiger partial charge < -0.3 is 15.0 Å². The quantitative estimate of drug-likeness (QED) is 0.304. The smallest absolute Gasteiger partial charge is 0.318 e. The Kier molecular flexibility index (Phi) is 8.16. The van der Waals surface area contributed by atoms with Crippen LogP contribution in [0.1, 0.15) is 64.4 Å². The first-order valence-electron chi connectivity index (χ1n) is 11.4. The van der Waals surface area contributed by atoms with Gasteiger partial charge in [-0.1, -0.05) is 37.5 Å². The van der Waals surface area contributed by atoms with Crippen LogP contribution in [0.4, 0.5) is 4.79 Å². The second-order valence-electron chi connectivity index (χ2n) is 8.79. The summed E-state index contributed by atoms with van der Waals surface area (Å²) in [5, 5.41) is 2.95. The Hall–Kier alpha value is -2.13. The standard InChI is InChI=1S/C23H34N2O6S/c1-4-5-6-7-18(30-17(3)26)12-13-25-22-15-19(14-21(22)24-23(25)27)31-32(28,29)20-10-8-16(2)9-11-20/h8-11,18-19,21-22H,4-7,12-15H2,1-3H3,(H,24,27)/t18?,19-,21?,22?/m0/s1. The molecule has 2 amide bonds. The Morgan fingerprint density at radius 2 is 1.91 bits per heavy atom. The van der Waals surface area contributed by atoms with Gasteiger partial charge in [-0.3, -0.25) is 8.98 Å². The highest BCUT2D eigenvalue weighted by molar-refractivity contribution is 7.86. The molecule has 1 aromatic rings. The van der Waals surface area contributed by atoms with Gasteiger partial charge in [0, 0.05) is 19.9 Å². The number of ether oxygens (including phenoxy) is 1. The van der Waals surface area contributed by atoms with Crippen LogP contribution in [0, 0.1) is 6.92 Å². The first-order chi connectivity index (χ1) is 15.2. The van der Waals surface area contributed by atoms with Crippen LogP contribution >= 0.6 is 0 Å². The van der Waals surface area contributed by atoms with Crippen LogP contribution in [0.15, 0.2) is 29.2 Å². The lowest BCUT2D eigenvalue weighted by atomic mass is 10.1. The predicted octanol–water partition coefficient (Wildman–Crippen LogP) is 3.53. The Morgan fingerprint density at radius 1 is 1.19 bits per heavy atom. The minimum atomic E-state index is -3.86. The number of carbonyl (C=O) groups is 2. The van der Waals surface area contributed by atoms with Crippen molar-refractivity contribution in [2.75, 3.05) is 6.54 Å². The molecule has 2 fully saturated rings. The fraction of sp³-hybridized carbons (Fsp3) is 0.652. The Labute approximate surface area is 190 Å². The molecule has 9 heteroatoms. The number of carbonyl (C=O) groups excluding carboxylic acids is 2. The van der Waals surface area contributed by atoms with E-state index in [2.05, 4.69) is 12.2 Å². The number of aryl methyl sites for hydroxylation is 1. The summed E-state index contributed by atoms with van der Waals surface area (Å²) in [6.45, 7) is 5.86. The van der Waals surface area contributed by atoms with Gasteiger partial charge in [-0.25, -0.2) is 4.79 Å². The van der Waals surface area contributed by atoms with E-state index in [1.165, 1.54) is 6.92 Å². The van der Waals surface area contributed by atoms with Crippen LogP contribution in [-0.2, 0) is 23.8 Å². The van der Waals surface area contributed by atoms with Crippen molar-refractivity contribution in [2.45, 2.75) is 94.9 Å². The molecule has 0 bridgehead atoms. The average molecular weight is 467 g/mol. The summed E-state index contributed by atoms with van der Waals surface area (Å²) >= 11 is 0. The largest absolute Gasteiger partial charge is 0.462 e. The summed E-state index contributed by atoms with van der Waals surface area (Å²) < 4.78 is 36.2. The number of unbranched alkanes of at least 4 members (excludes halogenated alkanes) is 2. The van der Waals surface area contributed by atoms with E-state index < -0.39 is 16.2 Å². The molecule has 4 atom stereocenters. The average Bonchev–Trinajstić information content (AvgIpc) is 3.21. The molecule has 0 radical (unpaired) electrons. The molecular weight excluding hydrogens is 432 g/mol. The second kappa shape index (κ2) is 10.7. The number of hydrogen-bond acceptors (Lipinski definition) is 6. The normalized spacial score (nSPS) is 23.7. The molecule has 1 aromatic carbocycles. The Morgan fingerprint density at radius 3 is 2.56 bits per heavy atom. The lowest BCUT2D eigenvalue weighted by molar-refractivity contribution is -0.147. The van der Waals surface area contributed by atoms with Gasteiger partial charge in [0.15, 0.2) is 0 Å². The second-order valence-corrected chi connectivity index (χ2v) is 10.4. The summed E-state index contributed by atoms with van der Waals surface area (Å²) in [5.74, 6) is -0.314. The van der Waals surface area contributed by atoms with E-state index in [0.717, 1.165) is 31.2 Å². The maximum Gasteiger partial charge on any atom is 0.318 e. The number of hydrogen-bond donors (Lipinski definition) is 1. The molecule has 2 aliphatic rings. The molecule has 1 N–H and O–H groups in total. The van der Waals surface area contributed by atoms with E-state index in [0.29, 0.717) is 25.8 Å². The Balaban J connectivity index is 1.58. The molecule has 1 aliphatic carbocycles. The summed E-state index contributed by atoms with van der Waals surface area (Å²) in [4.78, 5) is 25.8. The van der Waals surface area contributed by atoms with Crippen molar-refractivity contribution in [1.29, 1.82) is 0 Å². The number of nitrogens with zero attached hydrogens (tertiary/aromatic N) is 1. The van der Waals surface area contributed by atoms with Gasteiger partial charge in [0.2, 0.25) is 0 Å². The lowest BCUT2D eigenvalue weighted by Crippen LogP contribution is -2.37. The third-order valence-corrected chi connectivity index (χ3v) is 7.56. The first kappa shape index (κ1) is 24.5. The van der Waals surface area contributed by atoms with Crippen molar-refractivity contribution in [1.82, 2.24) is 10.2 Å². The molecular formula is C23H34N2O6S. The SMILES string of the molecule is CCCCCC(CCN1C(=O)NC2C[C@H](OS(=O)(=O)c3ccc(C)cc3)CC21)OC(C)=O. The molecule has 0 aromatic heterocycles. The summed E-state index contributed by atoms with van der Waals surface area (Å²) in [5.41, 5.74) is 0.972. The number of fused-ring (bicyclic) bond motifs is 1. The number of urea groups is 1. The fourth-order valence-electron chi connectivity index (χ4n) is 4.55. The van der Waals surface area contributed by atoms with Crippen LogP contribution in [0.25, 0.3) is 0 Å². The maximum absolute atomic E-state index is 12.6. The summed E-state index contributed by atoms with van der Waals surface area (Å²) in [6, 6.07) is 6.13. The number of benzene rings is 1. The minimum Gasteiger partial charge on any atom is -0.462 e. The van der Waals surface area contributed by atoms with E-state index in [1.54, 1.807) is 29.2 Å². The third-order valence-electron chi connectivity index (χ3n) is 6.18. The van der Waals surface area contributed by atoms with Crippen molar-refractivity contribution < 1.29 is 26.9 Å². The highest BCUT2D eigenvalue weighted by Gasteiger charge is 2.47. The molecule has 3 unspecified atom stereocenters. The van der Waals surface area contributed by atoms with Gasteiger partial charge in [-0.15, -0.1) is 0 Å². The van der Waals surface area contributed by atoms with Gasteiger partial charge >= 0.3 is 12.0 Å². The molecule has 0 spiro atoms. The van der Waals surface area contributed by atoms with E-state index in [9.17, 15) is 18.0 Å². The topological polar surface area (TPSA) is 102 Å². The van der Waals surface area contributed by atoms with Crippen molar-refractivity contribution >= 4 is 22.1 Å². The Bertz CT molecular complexity index is 902. The molecule has 1 heterocycles. The van der Waals surface area contributed by atoms with Crippen LogP contribution in [0.5, 0.6) is 0 Å². The van der Waals surface area contributed by atoms with Crippen LogP contribution < -0.4 is 5.32 Å². The van der Waals surface area contributed by atoms with Crippen molar-refractivity contribution in [3.63, 3.8) is 0 Å². The molecule has 32 heavy (non-hydrogen) atoms. The predicted molar refractivity (Wildman–Crippen MR) is 120 cm³/mol. The van der Waals surface area contributed by atoms with E-state index >= 15 is 0 Å². The summed E-state index contributed by atoms with van der Waals surface area (Å²) in [6.07, 6.45) is 4.64. The summed E-state index contributed by atoms with van der Waals surface area (Å²) in [7, 11) is -3.86. The molecule has 1 saturated heterocycles. The zero-order valence-electron chi connectivity index (χ0n) is 19.1.